The fraction of sp³-hybridized carbons (Fsp3) is 0.600. The molecule has 1 aliphatic heterocycles. The number of nitrogens with zero attached hydrogens (tertiary/aromatic N) is 3. The Balaban J connectivity index is 1.95. The highest BCUT2D eigenvalue weighted by Crippen LogP contribution is 2.32. The van der Waals surface area contributed by atoms with Crippen molar-refractivity contribution in [3.8, 4) is 0 Å². The van der Waals surface area contributed by atoms with Crippen LogP contribution in [0.5, 0.6) is 0 Å². The van der Waals surface area contributed by atoms with Gasteiger partial charge in [-0.25, -0.2) is 18.7 Å². The van der Waals surface area contributed by atoms with Crippen LogP contribution in [-0.2, 0) is 0 Å². The van der Waals surface area contributed by atoms with Crippen LogP contribution in [0.2, 0.25) is 5.02 Å². The minimum Gasteiger partial charge on any atom is -0.352 e. The number of alkyl halides is 2. The van der Waals surface area contributed by atoms with Crippen molar-refractivity contribution in [2.24, 2.45) is 0 Å². The number of hydrogen-bond donors (Lipinski definition) is 1. The lowest BCUT2D eigenvalue weighted by molar-refractivity contribution is -0.0239. The Labute approximate surface area is 103 Å². The molecule has 17 heavy (non-hydrogen) atoms. The largest absolute Gasteiger partial charge is 0.352 e. The van der Waals surface area contributed by atoms with E-state index in [1.165, 1.54) is 12.4 Å². The molecule has 7 heteroatoms. The first-order valence-corrected chi connectivity index (χ1v) is 5.66. The number of rotatable bonds is 3. The van der Waals surface area contributed by atoms with Crippen LogP contribution in [-0.4, -0.2) is 47.0 Å². The third-order valence-corrected chi connectivity index (χ3v) is 3.09. The standard InChI is InChI=1S/C10H13ClF2N4/c1-17-3-2-10(12,13)8(17)6-16-9-14-4-7(11)5-15-9/h4-5,8H,2-3,6H2,1H3,(H,14,15,16). The molecule has 1 aliphatic rings. The maximum atomic E-state index is 13.5. The molecule has 0 amide bonds. The van der Waals surface area contributed by atoms with Crippen molar-refractivity contribution in [3.05, 3.63) is 17.4 Å². The van der Waals surface area contributed by atoms with E-state index in [0.29, 0.717) is 17.5 Å². The number of halogens is 3. The van der Waals surface area contributed by atoms with Crippen LogP contribution in [0.4, 0.5) is 14.7 Å². The second-order valence-electron chi connectivity index (χ2n) is 4.11. The lowest BCUT2D eigenvalue weighted by Gasteiger charge is -2.24. The van der Waals surface area contributed by atoms with Crippen LogP contribution in [0.1, 0.15) is 6.42 Å². The van der Waals surface area contributed by atoms with Gasteiger partial charge < -0.3 is 5.32 Å². The SMILES string of the molecule is CN1CCC(F)(F)C1CNc1ncc(Cl)cn1. The van der Waals surface area contributed by atoms with Crippen LogP contribution in [0.15, 0.2) is 12.4 Å². The lowest BCUT2D eigenvalue weighted by Crippen LogP contribution is -2.42. The van der Waals surface area contributed by atoms with Crippen molar-refractivity contribution in [1.29, 1.82) is 0 Å². The number of likely N-dealkylation sites (tertiary alicyclic amines) is 1. The molecule has 1 fully saturated rings. The Morgan fingerprint density at radius 3 is 2.71 bits per heavy atom. The number of likely N-dealkylation sites (N-methyl/N-ethyl adjacent to an activating group) is 1. The smallest absolute Gasteiger partial charge is 0.266 e. The van der Waals surface area contributed by atoms with Crippen molar-refractivity contribution in [3.63, 3.8) is 0 Å². The normalized spacial score (nSPS) is 23.9. The molecule has 4 nitrogen and oxygen atoms in total. The maximum Gasteiger partial charge on any atom is 0.266 e. The molecule has 1 atom stereocenters. The monoisotopic (exact) mass is 262 g/mol. The van der Waals surface area contributed by atoms with Crippen molar-refractivity contribution in [2.45, 2.75) is 18.4 Å². The molecule has 1 saturated heterocycles. The predicted octanol–water partition coefficient (Wildman–Crippen LogP) is 1.88. The summed E-state index contributed by atoms with van der Waals surface area (Å²) in [4.78, 5) is 9.43. The van der Waals surface area contributed by atoms with Gasteiger partial charge in [0, 0.05) is 19.5 Å². The van der Waals surface area contributed by atoms with Gasteiger partial charge in [-0.2, -0.15) is 0 Å². The van der Waals surface area contributed by atoms with Crippen LogP contribution in [0, 0.1) is 0 Å². The summed E-state index contributed by atoms with van der Waals surface area (Å²) in [6.07, 6.45) is 2.75. The van der Waals surface area contributed by atoms with Gasteiger partial charge in [0.05, 0.1) is 23.5 Å². The summed E-state index contributed by atoms with van der Waals surface area (Å²) in [5.41, 5.74) is 0. The lowest BCUT2D eigenvalue weighted by atomic mass is 10.1. The number of anilines is 1. The molecule has 0 spiro atoms. The zero-order valence-corrected chi connectivity index (χ0v) is 10.1. The first kappa shape index (κ1) is 12.4. The first-order valence-electron chi connectivity index (χ1n) is 5.28. The second kappa shape index (κ2) is 4.70. The minimum absolute atomic E-state index is 0.0999. The first-order chi connectivity index (χ1) is 7.99. The van der Waals surface area contributed by atoms with E-state index in [1.54, 1.807) is 11.9 Å². The van der Waals surface area contributed by atoms with E-state index >= 15 is 0 Å². The predicted molar refractivity (Wildman–Crippen MR) is 61.5 cm³/mol. The second-order valence-corrected chi connectivity index (χ2v) is 4.55. The average molecular weight is 263 g/mol. The Morgan fingerprint density at radius 1 is 1.53 bits per heavy atom. The Hall–Kier alpha value is -1.01. The summed E-state index contributed by atoms with van der Waals surface area (Å²) >= 11 is 5.63. The number of nitrogens with one attached hydrogen (secondary N) is 1. The van der Waals surface area contributed by atoms with Crippen LogP contribution in [0.3, 0.4) is 0 Å². The van der Waals surface area contributed by atoms with Gasteiger partial charge >= 0.3 is 0 Å². The number of aromatic nitrogens is 2. The Kier molecular flexibility index (Phi) is 3.44. The summed E-state index contributed by atoms with van der Waals surface area (Å²) in [7, 11) is 1.69. The highest BCUT2D eigenvalue weighted by molar-refractivity contribution is 6.30. The van der Waals surface area contributed by atoms with Crippen molar-refractivity contribution < 1.29 is 8.78 Å². The van der Waals surface area contributed by atoms with Crippen LogP contribution in [0.25, 0.3) is 0 Å². The van der Waals surface area contributed by atoms with Gasteiger partial charge in [0.15, 0.2) is 0 Å². The molecule has 0 aromatic carbocycles. The summed E-state index contributed by atoms with van der Waals surface area (Å²) in [5.74, 6) is -2.35. The average Bonchev–Trinajstić information content (AvgIpc) is 2.53. The van der Waals surface area contributed by atoms with Gasteiger partial charge in [0.25, 0.3) is 5.92 Å². The summed E-state index contributed by atoms with van der Waals surface area (Å²) < 4.78 is 27.0. The van der Waals surface area contributed by atoms with Gasteiger partial charge in [-0.3, -0.25) is 4.90 Å². The zero-order chi connectivity index (χ0) is 12.5. The molecule has 0 radical (unpaired) electrons. The van der Waals surface area contributed by atoms with E-state index in [-0.39, 0.29) is 13.0 Å². The highest BCUT2D eigenvalue weighted by Gasteiger charge is 2.47. The maximum absolute atomic E-state index is 13.5. The summed E-state index contributed by atoms with van der Waals surface area (Å²) in [6.45, 7) is 0.520. The minimum atomic E-state index is -2.66. The van der Waals surface area contributed by atoms with Gasteiger partial charge in [-0.05, 0) is 7.05 Å². The van der Waals surface area contributed by atoms with Crippen molar-refractivity contribution in [2.75, 3.05) is 25.5 Å². The van der Waals surface area contributed by atoms with E-state index in [9.17, 15) is 8.78 Å². The fourth-order valence-electron chi connectivity index (χ4n) is 1.87. The highest BCUT2D eigenvalue weighted by atomic mass is 35.5. The third kappa shape index (κ3) is 2.81. The Morgan fingerprint density at radius 2 is 2.18 bits per heavy atom. The van der Waals surface area contributed by atoms with E-state index in [2.05, 4.69) is 15.3 Å². The van der Waals surface area contributed by atoms with Crippen molar-refractivity contribution >= 4 is 17.5 Å². The zero-order valence-electron chi connectivity index (χ0n) is 9.33. The molecule has 0 aliphatic carbocycles. The topological polar surface area (TPSA) is 41.0 Å². The third-order valence-electron chi connectivity index (χ3n) is 2.89. The van der Waals surface area contributed by atoms with Gasteiger partial charge in [-0.1, -0.05) is 11.6 Å². The molecule has 1 aromatic rings. The molecule has 2 rings (SSSR count). The number of hydrogen-bond acceptors (Lipinski definition) is 4. The van der Waals surface area contributed by atoms with Crippen LogP contribution < -0.4 is 5.32 Å². The van der Waals surface area contributed by atoms with Gasteiger partial charge in [-0.15, -0.1) is 0 Å². The molecule has 1 N–H and O–H groups in total. The molecule has 0 saturated carbocycles. The van der Waals surface area contributed by atoms with E-state index in [0.717, 1.165) is 0 Å². The summed E-state index contributed by atoms with van der Waals surface area (Å²) in [6, 6.07) is -0.818. The van der Waals surface area contributed by atoms with E-state index in [4.69, 9.17) is 11.6 Å². The molecular formula is C10H13ClF2N4. The summed E-state index contributed by atoms with van der Waals surface area (Å²) in [5, 5.41) is 3.21. The molecule has 1 unspecified atom stereocenters. The van der Waals surface area contributed by atoms with Crippen LogP contribution >= 0.6 is 11.6 Å². The van der Waals surface area contributed by atoms with E-state index in [1.807, 2.05) is 0 Å². The molecule has 94 valence electrons. The molecule has 2 heterocycles. The van der Waals surface area contributed by atoms with Crippen molar-refractivity contribution in [1.82, 2.24) is 14.9 Å². The van der Waals surface area contributed by atoms with Gasteiger partial charge in [0.1, 0.15) is 0 Å². The quantitative estimate of drug-likeness (QED) is 0.903. The fourth-order valence-corrected chi connectivity index (χ4v) is 1.96. The van der Waals surface area contributed by atoms with E-state index < -0.39 is 12.0 Å². The van der Waals surface area contributed by atoms with Gasteiger partial charge in [0.2, 0.25) is 5.95 Å². The molecule has 1 aromatic heterocycles. The Bertz CT molecular complexity index is 384. The molecule has 0 bridgehead atoms. The molecular weight excluding hydrogens is 250 g/mol.